The molecule has 180 valence electrons. The van der Waals surface area contributed by atoms with Crippen molar-refractivity contribution in [1.29, 1.82) is 5.41 Å². The van der Waals surface area contributed by atoms with Crippen molar-refractivity contribution in [3.63, 3.8) is 0 Å². The molecule has 35 heavy (non-hydrogen) atoms. The molecule has 0 aliphatic carbocycles. The van der Waals surface area contributed by atoms with Gasteiger partial charge in [-0.05, 0) is 61.4 Å². The van der Waals surface area contributed by atoms with Crippen molar-refractivity contribution >= 4 is 35.1 Å². The lowest BCUT2D eigenvalue weighted by Gasteiger charge is -2.05. The minimum Gasteiger partial charge on any atom is -0.464 e. The third-order valence-corrected chi connectivity index (χ3v) is 4.83. The summed E-state index contributed by atoms with van der Waals surface area (Å²) < 4.78 is 5.39. The van der Waals surface area contributed by atoms with E-state index in [-0.39, 0.29) is 18.0 Å². The first-order valence-electron chi connectivity index (χ1n) is 10.4. The summed E-state index contributed by atoms with van der Waals surface area (Å²) in [6.45, 7) is 3.88. The molecule has 1 heterocycles. The highest BCUT2D eigenvalue weighted by molar-refractivity contribution is 6.03. The SMILES string of the molecule is Cc1cc(C)cc(C(=O)NC=N)c1.N.NC(N)=NC(=O)c1cccc(-c2cccc3occc23)c1. The number of guanidine groups is 1. The van der Waals surface area contributed by atoms with Crippen LogP contribution in [-0.2, 0) is 0 Å². The lowest BCUT2D eigenvalue weighted by molar-refractivity contribution is 0.0975. The number of fused-ring (bicyclic) bond motifs is 1. The van der Waals surface area contributed by atoms with E-state index in [1.54, 1.807) is 36.6 Å². The van der Waals surface area contributed by atoms with Gasteiger partial charge in [-0.3, -0.25) is 15.0 Å². The molecule has 9 heteroatoms. The number of nitrogens with zero attached hydrogens (tertiary/aromatic N) is 1. The monoisotopic (exact) mass is 472 g/mol. The maximum Gasteiger partial charge on any atom is 0.280 e. The van der Waals surface area contributed by atoms with Crippen LogP contribution in [0.2, 0.25) is 0 Å². The third-order valence-electron chi connectivity index (χ3n) is 4.83. The maximum atomic E-state index is 11.9. The van der Waals surface area contributed by atoms with Gasteiger partial charge < -0.3 is 27.4 Å². The summed E-state index contributed by atoms with van der Waals surface area (Å²) in [6.07, 6.45) is 2.53. The summed E-state index contributed by atoms with van der Waals surface area (Å²) in [4.78, 5) is 26.7. The van der Waals surface area contributed by atoms with Crippen LogP contribution in [0.5, 0.6) is 0 Å². The van der Waals surface area contributed by atoms with Crippen molar-refractivity contribution in [3.05, 3.63) is 95.2 Å². The molecular formula is C26H28N6O3. The molecule has 9 nitrogen and oxygen atoms in total. The van der Waals surface area contributed by atoms with E-state index < -0.39 is 5.91 Å². The first-order valence-corrected chi connectivity index (χ1v) is 10.4. The Hall–Kier alpha value is -4.76. The van der Waals surface area contributed by atoms with Gasteiger partial charge in [0.15, 0.2) is 5.96 Å². The maximum absolute atomic E-state index is 11.9. The van der Waals surface area contributed by atoms with Crippen molar-refractivity contribution in [2.24, 2.45) is 16.5 Å². The quantitative estimate of drug-likeness (QED) is 0.218. The summed E-state index contributed by atoms with van der Waals surface area (Å²) in [6, 6.07) is 20.4. The number of hydrogen-bond acceptors (Lipinski definition) is 5. The first-order chi connectivity index (χ1) is 16.3. The molecule has 0 aliphatic heterocycles. The van der Waals surface area contributed by atoms with Crippen molar-refractivity contribution in [2.45, 2.75) is 13.8 Å². The number of aryl methyl sites for hydroxylation is 2. The summed E-state index contributed by atoms with van der Waals surface area (Å²) in [7, 11) is 0. The average Bonchev–Trinajstić information content (AvgIpc) is 3.28. The van der Waals surface area contributed by atoms with E-state index >= 15 is 0 Å². The van der Waals surface area contributed by atoms with E-state index in [1.165, 1.54) is 0 Å². The summed E-state index contributed by atoms with van der Waals surface area (Å²) in [5, 5.41) is 10.0. The molecule has 0 saturated carbocycles. The number of nitrogens with one attached hydrogen (secondary N) is 2. The van der Waals surface area contributed by atoms with E-state index in [9.17, 15) is 9.59 Å². The van der Waals surface area contributed by atoms with Crippen LogP contribution in [0.15, 0.2) is 82.4 Å². The van der Waals surface area contributed by atoms with Gasteiger partial charge in [0.25, 0.3) is 11.8 Å². The predicted octanol–water partition coefficient (Wildman–Crippen LogP) is 4.32. The molecule has 0 aliphatic rings. The zero-order chi connectivity index (χ0) is 24.7. The van der Waals surface area contributed by atoms with Gasteiger partial charge in [-0.2, -0.15) is 4.99 Å². The van der Waals surface area contributed by atoms with Crippen LogP contribution in [0.25, 0.3) is 22.1 Å². The van der Waals surface area contributed by atoms with Gasteiger partial charge in [-0.15, -0.1) is 0 Å². The van der Waals surface area contributed by atoms with Gasteiger partial charge in [0.1, 0.15) is 5.58 Å². The van der Waals surface area contributed by atoms with Crippen LogP contribution < -0.4 is 22.9 Å². The van der Waals surface area contributed by atoms with Gasteiger partial charge in [-0.25, -0.2) is 0 Å². The highest BCUT2D eigenvalue weighted by Crippen LogP contribution is 2.29. The molecular weight excluding hydrogens is 444 g/mol. The number of rotatable bonds is 4. The molecule has 2 amide bonds. The van der Waals surface area contributed by atoms with E-state index in [4.69, 9.17) is 21.3 Å². The number of amides is 2. The topological polar surface area (TPSA) is 183 Å². The summed E-state index contributed by atoms with van der Waals surface area (Å²) >= 11 is 0. The Labute approximate surface area is 202 Å². The van der Waals surface area contributed by atoms with Gasteiger partial charge in [-0.1, -0.05) is 41.5 Å². The molecule has 1 aromatic heterocycles. The summed E-state index contributed by atoms with van der Waals surface area (Å²) in [5.41, 5.74) is 16.3. The molecule has 9 N–H and O–H groups in total. The Bertz CT molecular complexity index is 1370. The minimum atomic E-state index is -0.462. The highest BCUT2D eigenvalue weighted by atomic mass is 16.3. The first kappa shape index (κ1) is 26.5. The zero-order valence-corrected chi connectivity index (χ0v) is 19.5. The minimum absolute atomic E-state index is 0. The van der Waals surface area contributed by atoms with Gasteiger partial charge in [0.05, 0.1) is 12.6 Å². The van der Waals surface area contributed by atoms with E-state index in [1.807, 2.05) is 50.2 Å². The zero-order valence-electron chi connectivity index (χ0n) is 19.5. The number of carbonyl (C=O) groups excluding carboxylic acids is 2. The molecule has 0 bridgehead atoms. The number of furan rings is 1. The second-order valence-corrected chi connectivity index (χ2v) is 7.55. The van der Waals surface area contributed by atoms with Crippen LogP contribution in [0, 0.1) is 19.3 Å². The van der Waals surface area contributed by atoms with Crippen LogP contribution in [0.4, 0.5) is 0 Å². The molecule has 0 saturated heterocycles. The van der Waals surface area contributed by atoms with Gasteiger partial charge >= 0.3 is 0 Å². The van der Waals surface area contributed by atoms with Crippen molar-refractivity contribution in [1.82, 2.24) is 11.5 Å². The molecule has 0 atom stereocenters. The van der Waals surface area contributed by atoms with Crippen LogP contribution in [0.3, 0.4) is 0 Å². The predicted molar refractivity (Wildman–Crippen MR) is 139 cm³/mol. The number of nitrogens with two attached hydrogens (primary N) is 2. The molecule has 4 rings (SSSR count). The van der Waals surface area contributed by atoms with Crippen molar-refractivity contribution in [2.75, 3.05) is 0 Å². The van der Waals surface area contributed by atoms with Crippen LogP contribution in [-0.4, -0.2) is 24.1 Å². The molecule has 0 spiro atoms. The van der Waals surface area contributed by atoms with Crippen molar-refractivity contribution < 1.29 is 14.0 Å². The van der Waals surface area contributed by atoms with E-state index in [2.05, 4.69) is 10.3 Å². The second-order valence-electron chi connectivity index (χ2n) is 7.55. The molecule has 0 unspecified atom stereocenters. The lowest BCUT2D eigenvalue weighted by Crippen LogP contribution is -2.24. The van der Waals surface area contributed by atoms with Gasteiger partial charge in [0.2, 0.25) is 0 Å². The smallest absolute Gasteiger partial charge is 0.280 e. The van der Waals surface area contributed by atoms with Gasteiger partial charge in [0, 0.05) is 16.5 Å². The molecule has 3 aromatic carbocycles. The van der Waals surface area contributed by atoms with E-state index in [0.29, 0.717) is 11.1 Å². The second kappa shape index (κ2) is 11.9. The Morgan fingerprint density at radius 2 is 1.63 bits per heavy atom. The number of hydrogen-bond donors (Lipinski definition) is 5. The van der Waals surface area contributed by atoms with Crippen molar-refractivity contribution in [3.8, 4) is 11.1 Å². The Morgan fingerprint density at radius 3 is 2.29 bits per heavy atom. The molecule has 4 aromatic rings. The number of carbonyl (C=O) groups is 2. The Morgan fingerprint density at radius 1 is 0.943 bits per heavy atom. The number of aliphatic imine (C=N–C) groups is 1. The fourth-order valence-electron chi connectivity index (χ4n) is 3.50. The molecule has 0 radical (unpaired) electrons. The summed E-state index contributed by atoms with van der Waals surface area (Å²) in [5.74, 6) is -0.944. The fourth-order valence-corrected chi connectivity index (χ4v) is 3.50. The fraction of sp³-hybridized carbons (Fsp3) is 0.0769. The highest BCUT2D eigenvalue weighted by Gasteiger charge is 2.09. The van der Waals surface area contributed by atoms with E-state index in [0.717, 1.165) is 39.6 Å². The lowest BCUT2D eigenvalue weighted by atomic mass is 10.00. The largest absolute Gasteiger partial charge is 0.464 e. The third kappa shape index (κ3) is 6.86. The average molecular weight is 473 g/mol. The normalized spacial score (nSPS) is 9.77. The Kier molecular flexibility index (Phi) is 9.02. The standard InChI is InChI=1S/C16H13N3O2.C10H12N2O.H3N/c17-16(18)19-15(20)11-4-1-3-10(9-11)12-5-2-6-14-13(12)7-8-21-14;1-7-3-8(2)5-9(4-7)10(13)12-6-11;/h1-9H,(H4,17,18,19,20);3-6H,1-2H3,(H2,11,12,13);1H3. The number of benzene rings is 3. The van der Waals surface area contributed by atoms with Crippen LogP contribution in [0.1, 0.15) is 31.8 Å². The Balaban J connectivity index is 0.000000268. The van der Waals surface area contributed by atoms with Crippen LogP contribution >= 0.6 is 0 Å². The molecule has 0 fully saturated rings.